The summed E-state index contributed by atoms with van der Waals surface area (Å²) in [7, 11) is 2.21. The van der Waals surface area contributed by atoms with Gasteiger partial charge in [-0.3, -0.25) is 9.69 Å². The molecule has 24 heavy (non-hydrogen) atoms. The highest BCUT2D eigenvalue weighted by molar-refractivity contribution is 5.76. The molecule has 6 heteroatoms. The van der Waals surface area contributed by atoms with Gasteiger partial charge < -0.3 is 10.2 Å². The third-order valence-electron chi connectivity index (χ3n) is 5.78. The lowest BCUT2D eigenvalue weighted by atomic mass is 9.96. The number of nitrogens with zero attached hydrogens (tertiary/aromatic N) is 4. The Morgan fingerprint density at radius 1 is 1.25 bits per heavy atom. The Kier molecular flexibility index (Phi) is 4.39. The predicted molar refractivity (Wildman–Crippen MR) is 93.0 cm³/mol. The Labute approximate surface area is 143 Å². The molecule has 0 saturated carbocycles. The zero-order valence-corrected chi connectivity index (χ0v) is 14.5. The lowest BCUT2D eigenvalue weighted by Crippen LogP contribution is -2.60. The molecule has 1 aromatic rings. The summed E-state index contributed by atoms with van der Waals surface area (Å²) >= 11 is 0. The van der Waals surface area contributed by atoms with E-state index in [1.54, 1.807) is 0 Å². The molecule has 0 aromatic carbocycles. The fraction of sp³-hybridized carbons (Fsp3) is 0.722. The first-order valence-corrected chi connectivity index (χ1v) is 9.26. The van der Waals surface area contributed by atoms with Crippen molar-refractivity contribution in [2.45, 2.75) is 44.6 Å². The summed E-state index contributed by atoms with van der Waals surface area (Å²) < 4.78 is 0. The number of carbonyl (C=O) groups is 1. The molecule has 6 nitrogen and oxygen atoms in total. The Morgan fingerprint density at radius 3 is 2.88 bits per heavy atom. The van der Waals surface area contributed by atoms with Crippen molar-refractivity contribution in [2.75, 3.05) is 38.1 Å². The van der Waals surface area contributed by atoms with Crippen molar-refractivity contribution in [3.8, 4) is 0 Å². The molecule has 0 radical (unpaired) electrons. The van der Waals surface area contributed by atoms with E-state index in [1.165, 1.54) is 24.1 Å². The van der Waals surface area contributed by atoms with E-state index in [1.807, 2.05) is 0 Å². The van der Waals surface area contributed by atoms with E-state index >= 15 is 0 Å². The summed E-state index contributed by atoms with van der Waals surface area (Å²) in [5, 5.41) is 11.9. The third kappa shape index (κ3) is 3.24. The first-order chi connectivity index (χ1) is 11.7. The Hall–Kier alpha value is -1.69. The second-order valence-corrected chi connectivity index (χ2v) is 7.59. The van der Waals surface area contributed by atoms with Crippen LogP contribution >= 0.6 is 0 Å². The molecule has 2 fully saturated rings. The lowest BCUT2D eigenvalue weighted by molar-refractivity contribution is -0.123. The Bertz CT molecular complexity index is 603. The zero-order valence-electron chi connectivity index (χ0n) is 14.5. The van der Waals surface area contributed by atoms with E-state index in [0.29, 0.717) is 18.4 Å². The van der Waals surface area contributed by atoms with Crippen molar-refractivity contribution < 1.29 is 4.79 Å². The van der Waals surface area contributed by atoms with Crippen LogP contribution in [0.4, 0.5) is 5.82 Å². The first kappa shape index (κ1) is 15.8. The van der Waals surface area contributed by atoms with Crippen LogP contribution in [-0.4, -0.2) is 60.3 Å². The van der Waals surface area contributed by atoms with Crippen LogP contribution in [-0.2, 0) is 17.6 Å². The molecule has 0 spiro atoms. The topological polar surface area (TPSA) is 61.4 Å². The minimum absolute atomic E-state index is 0.203. The maximum atomic E-state index is 11.3. The Morgan fingerprint density at radius 2 is 2.08 bits per heavy atom. The van der Waals surface area contributed by atoms with Crippen LogP contribution < -0.4 is 10.2 Å². The van der Waals surface area contributed by atoms with E-state index < -0.39 is 0 Å². The number of aromatic nitrogens is 2. The largest absolute Gasteiger partial charge is 0.356 e. The summed E-state index contributed by atoms with van der Waals surface area (Å²) in [6, 6.07) is 2.84. The minimum atomic E-state index is 0.203. The van der Waals surface area contributed by atoms with Gasteiger partial charge in [-0.05, 0) is 56.7 Å². The number of hydrogen-bond acceptors (Lipinski definition) is 5. The number of hydrogen-bond donors (Lipinski definition) is 1. The third-order valence-corrected chi connectivity index (χ3v) is 5.78. The molecular weight excluding hydrogens is 302 g/mol. The van der Waals surface area contributed by atoms with Crippen LogP contribution in [0.2, 0.25) is 0 Å². The number of amides is 1. The normalized spacial score (nSPS) is 24.5. The van der Waals surface area contributed by atoms with Crippen LogP contribution in [0, 0.1) is 5.92 Å². The van der Waals surface area contributed by atoms with Gasteiger partial charge in [0, 0.05) is 38.6 Å². The number of rotatable bonds is 4. The number of piperidine rings is 1. The smallest absolute Gasteiger partial charge is 0.220 e. The molecule has 4 rings (SSSR count). The van der Waals surface area contributed by atoms with Gasteiger partial charge in [-0.2, -0.15) is 5.10 Å². The highest BCUT2D eigenvalue weighted by Gasteiger charge is 2.33. The maximum Gasteiger partial charge on any atom is 0.220 e. The number of nitrogens with one attached hydrogen (secondary N) is 1. The van der Waals surface area contributed by atoms with E-state index in [2.05, 4.69) is 38.4 Å². The second-order valence-electron chi connectivity index (χ2n) is 7.59. The average molecular weight is 329 g/mol. The molecule has 2 aliphatic heterocycles. The maximum absolute atomic E-state index is 11.3. The van der Waals surface area contributed by atoms with Gasteiger partial charge in [0.2, 0.25) is 5.91 Å². The number of anilines is 1. The van der Waals surface area contributed by atoms with Crippen molar-refractivity contribution in [2.24, 2.45) is 5.92 Å². The van der Waals surface area contributed by atoms with Crippen LogP contribution in [0.5, 0.6) is 0 Å². The van der Waals surface area contributed by atoms with Gasteiger partial charge in [-0.15, -0.1) is 5.10 Å². The molecule has 3 aliphatic rings. The van der Waals surface area contributed by atoms with Crippen LogP contribution in [0.15, 0.2) is 6.07 Å². The van der Waals surface area contributed by atoms with E-state index in [-0.39, 0.29) is 5.91 Å². The lowest BCUT2D eigenvalue weighted by Gasteiger charge is -2.45. The van der Waals surface area contributed by atoms with Crippen molar-refractivity contribution in [1.29, 1.82) is 0 Å². The van der Waals surface area contributed by atoms with Gasteiger partial charge in [0.05, 0.1) is 5.69 Å². The summed E-state index contributed by atoms with van der Waals surface area (Å²) in [4.78, 5) is 16.0. The molecule has 1 atom stereocenters. The van der Waals surface area contributed by atoms with E-state index in [4.69, 9.17) is 0 Å². The molecule has 1 aromatic heterocycles. The molecule has 130 valence electrons. The van der Waals surface area contributed by atoms with E-state index in [9.17, 15) is 4.79 Å². The van der Waals surface area contributed by atoms with Gasteiger partial charge in [0.25, 0.3) is 0 Å². The number of aryl methyl sites for hydroxylation is 2. The quantitative estimate of drug-likeness (QED) is 0.893. The zero-order chi connectivity index (χ0) is 16.5. The number of fused-ring (bicyclic) bond motifs is 1. The van der Waals surface area contributed by atoms with Crippen molar-refractivity contribution in [3.05, 3.63) is 17.3 Å². The average Bonchev–Trinajstić information content (AvgIpc) is 2.55. The fourth-order valence-electron chi connectivity index (χ4n) is 4.05. The molecule has 1 amide bonds. The van der Waals surface area contributed by atoms with Gasteiger partial charge in [0.15, 0.2) is 5.82 Å². The minimum Gasteiger partial charge on any atom is -0.356 e. The monoisotopic (exact) mass is 329 g/mol. The Balaban J connectivity index is 1.29. The molecule has 1 unspecified atom stereocenters. The van der Waals surface area contributed by atoms with Crippen molar-refractivity contribution >= 4 is 11.7 Å². The summed E-state index contributed by atoms with van der Waals surface area (Å²) in [6.45, 7) is 3.96. The van der Waals surface area contributed by atoms with Crippen LogP contribution in [0.3, 0.4) is 0 Å². The number of carbonyl (C=O) groups excluding carboxylic acids is 1. The fourth-order valence-corrected chi connectivity index (χ4v) is 4.05. The van der Waals surface area contributed by atoms with Gasteiger partial charge in [-0.25, -0.2) is 0 Å². The SMILES string of the molecule is CN(CC1CCC(=O)NC1)C1CN(c2cc3c(nn2)CCCC3)C1. The van der Waals surface area contributed by atoms with E-state index in [0.717, 1.165) is 51.3 Å². The standard InChI is InChI=1S/C18H27N5O/c1-22(10-13-6-7-18(24)19-9-13)15-11-23(12-15)17-8-14-4-2-3-5-16(14)20-21-17/h8,13,15H,2-7,9-12H2,1H3,(H,19,24). The highest BCUT2D eigenvalue weighted by Crippen LogP contribution is 2.26. The molecule has 0 bridgehead atoms. The number of likely N-dealkylation sites (N-methyl/N-ethyl adjacent to an activating group) is 1. The summed E-state index contributed by atoms with van der Waals surface area (Å²) in [5.41, 5.74) is 2.61. The van der Waals surface area contributed by atoms with Crippen molar-refractivity contribution in [1.82, 2.24) is 20.4 Å². The first-order valence-electron chi connectivity index (χ1n) is 9.26. The molecule has 2 saturated heterocycles. The molecule has 1 aliphatic carbocycles. The molecular formula is C18H27N5O. The predicted octanol–water partition coefficient (Wildman–Crippen LogP) is 1.00. The highest BCUT2D eigenvalue weighted by atomic mass is 16.1. The van der Waals surface area contributed by atoms with Gasteiger partial charge in [-0.1, -0.05) is 0 Å². The van der Waals surface area contributed by atoms with Crippen molar-refractivity contribution in [3.63, 3.8) is 0 Å². The van der Waals surface area contributed by atoms with Crippen LogP contribution in [0.25, 0.3) is 0 Å². The van der Waals surface area contributed by atoms with Crippen LogP contribution in [0.1, 0.15) is 36.9 Å². The molecule has 1 N–H and O–H groups in total. The van der Waals surface area contributed by atoms with Gasteiger partial charge in [0.1, 0.15) is 0 Å². The summed E-state index contributed by atoms with van der Waals surface area (Å²) in [6.07, 6.45) is 6.47. The summed E-state index contributed by atoms with van der Waals surface area (Å²) in [5.74, 6) is 1.84. The molecule has 3 heterocycles. The second kappa shape index (κ2) is 6.67. The van der Waals surface area contributed by atoms with Gasteiger partial charge >= 0.3 is 0 Å².